The Labute approximate surface area is 154 Å². The van der Waals surface area contributed by atoms with Crippen molar-refractivity contribution in [2.75, 3.05) is 19.8 Å². The minimum Gasteiger partial charge on any atom is -0.313 e. The molecule has 23 heavy (non-hydrogen) atoms. The number of nitrogens with one attached hydrogen (secondary N) is 1. The van der Waals surface area contributed by atoms with Crippen LogP contribution in [0.15, 0.2) is 32.0 Å². The molecule has 0 unspecified atom stereocenters. The first kappa shape index (κ1) is 19.3. The molecule has 1 fully saturated rings. The minimum atomic E-state index is -3.65. The number of unbranched alkanes of at least 4 members (excludes halogenated alkanes) is 1. The van der Waals surface area contributed by atoms with E-state index in [0.717, 1.165) is 6.42 Å². The van der Waals surface area contributed by atoms with E-state index in [1.807, 2.05) is 6.92 Å². The molecule has 1 N–H and O–H groups in total. The molecule has 0 saturated carbocycles. The highest BCUT2D eigenvalue weighted by atomic mass is 79.9. The number of halogens is 3. The van der Waals surface area contributed by atoms with Crippen LogP contribution >= 0.6 is 31.9 Å². The van der Waals surface area contributed by atoms with Crippen LogP contribution in [-0.2, 0) is 10.0 Å². The van der Waals surface area contributed by atoms with Gasteiger partial charge in [-0.25, -0.2) is 8.42 Å². The Morgan fingerprint density at radius 2 is 2.09 bits per heavy atom. The lowest BCUT2D eigenvalue weighted by molar-refractivity contribution is 0.318. The van der Waals surface area contributed by atoms with Crippen LogP contribution in [0.2, 0.25) is 0 Å². The van der Waals surface area contributed by atoms with E-state index in [0.29, 0.717) is 34.9 Å². The van der Waals surface area contributed by atoms with Gasteiger partial charge in [0.1, 0.15) is 0 Å². The van der Waals surface area contributed by atoms with Crippen molar-refractivity contribution in [1.29, 1.82) is 0 Å². The molecule has 1 aliphatic heterocycles. The topological polar surface area (TPSA) is 49.4 Å². The number of rotatable bonds is 7. The van der Waals surface area contributed by atoms with Crippen molar-refractivity contribution in [1.82, 2.24) is 9.62 Å². The molecule has 0 radical (unpaired) electrons. The first-order valence-corrected chi connectivity index (χ1v) is 10.6. The number of alkyl halides is 1. The zero-order chi connectivity index (χ0) is 17.0. The Morgan fingerprint density at radius 3 is 2.70 bits per heavy atom. The molecule has 0 aliphatic carbocycles. The van der Waals surface area contributed by atoms with Gasteiger partial charge in [0.2, 0.25) is 10.0 Å². The summed E-state index contributed by atoms with van der Waals surface area (Å²) in [5.41, 5.74) is 0. The van der Waals surface area contributed by atoms with Crippen molar-refractivity contribution < 1.29 is 12.8 Å². The molecule has 2 rings (SSSR count). The van der Waals surface area contributed by atoms with Crippen molar-refractivity contribution in [3.8, 4) is 0 Å². The van der Waals surface area contributed by atoms with Gasteiger partial charge < -0.3 is 5.32 Å². The van der Waals surface area contributed by atoms with E-state index in [1.54, 1.807) is 18.2 Å². The van der Waals surface area contributed by atoms with Crippen LogP contribution in [-0.4, -0.2) is 44.6 Å². The third-order valence-electron chi connectivity index (χ3n) is 3.98. The summed E-state index contributed by atoms with van der Waals surface area (Å²) in [5, 5.41) is 3.29. The second-order valence-corrected chi connectivity index (χ2v) is 9.41. The maximum atomic E-state index is 13.1. The molecule has 1 aromatic carbocycles. The summed E-state index contributed by atoms with van der Waals surface area (Å²) in [6.07, 6.45) is 1.66. The first-order chi connectivity index (χ1) is 10.9. The quantitative estimate of drug-likeness (QED) is 0.616. The van der Waals surface area contributed by atoms with E-state index < -0.39 is 16.7 Å². The fourth-order valence-electron chi connectivity index (χ4n) is 2.79. The number of sulfonamides is 1. The third-order valence-corrected chi connectivity index (χ3v) is 7.42. The Morgan fingerprint density at radius 1 is 1.35 bits per heavy atom. The second kappa shape index (κ2) is 8.38. The maximum Gasteiger partial charge on any atom is 0.244 e. The monoisotopic (exact) mass is 470 g/mol. The van der Waals surface area contributed by atoms with Crippen LogP contribution in [0.5, 0.6) is 0 Å². The molecule has 1 aliphatic rings. The highest BCUT2D eigenvalue weighted by Crippen LogP contribution is 2.31. The van der Waals surface area contributed by atoms with Crippen LogP contribution in [0.1, 0.15) is 26.2 Å². The predicted octanol–water partition coefficient (Wildman–Crippen LogP) is 3.70. The normalized spacial score (nSPS) is 22.0. The smallest absolute Gasteiger partial charge is 0.244 e. The summed E-state index contributed by atoms with van der Waals surface area (Å²) in [7, 11) is -3.65. The van der Waals surface area contributed by atoms with E-state index in [4.69, 9.17) is 0 Å². The molecular weight excluding hydrogens is 451 g/mol. The molecule has 2 atom stereocenters. The molecule has 8 heteroatoms. The van der Waals surface area contributed by atoms with Crippen LogP contribution in [0.4, 0.5) is 4.39 Å². The largest absolute Gasteiger partial charge is 0.313 e. The van der Waals surface area contributed by atoms with Gasteiger partial charge in [-0.1, -0.05) is 15.9 Å². The lowest BCUT2D eigenvalue weighted by atomic mass is 10.2. The standard InChI is InChI=1S/C15H21Br2FN2O2S/c1-11-8-13(10-19-11)20(7-3-2-6-18)23(21,22)15-9-12(16)4-5-14(15)17/h4-5,9,11,13,19H,2-3,6-8,10H2,1H3/t11-,13+/m0/s1. The highest BCUT2D eigenvalue weighted by Gasteiger charge is 2.35. The highest BCUT2D eigenvalue weighted by molar-refractivity contribution is 9.11. The Kier molecular flexibility index (Phi) is 7.03. The van der Waals surface area contributed by atoms with Crippen LogP contribution < -0.4 is 5.32 Å². The molecule has 0 aromatic heterocycles. The predicted molar refractivity (Wildman–Crippen MR) is 96.8 cm³/mol. The zero-order valence-corrected chi connectivity index (χ0v) is 16.9. The fraction of sp³-hybridized carbons (Fsp3) is 0.600. The number of hydrogen-bond acceptors (Lipinski definition) is 3. The number of hydrogen-bond donors (Lipinski definition) is 1. The Hall–Kier alpha value is -0.0200. The average molecular weight is 472 g/mol. The van der Waals surface area contributed by atoms with Crippen LogP contribution in [0, 0.1) is 0 Å². The number of benzene rings is 1. The Balaban J connectivity index is 2.33. The van der Waals surface area contributed by atoms with Crippen molar-refractivity contribution in [3.05, 3.63) is 27.1 Å². The van der Waals surface area contributed by atoms with Crippen molar-refractivity contribution >= 4 is 41.9 Å². The first-order valence-electron chi connectivity index (χ1n) is 7.62. The minimum absolute atomic E-state index is 0.0968. The van der Waals surface area contributed by atoms with E-state index >= 15 is 0 Å². The van der Waals surface area contributed by atoms with E-state index in [1.165, 1.54) is 4.31 Å². The zero-order valence-electron chi connectivity index (χ0n) is 12.9. The van der Waals surface area contributed by atoms with Crippen molar-refractivity contribution in [2.45, 2.75) is 43.2 Å². The molecule has 130 valence electrons. The second-order valence-electron chi connectivity index (χ2n) is 5.79. The van der Waals surface area contributed by atoms with Gasteiger partial charge >= 0.3 is 0 Å². The summed E-state index contributed by atoms with van der Waals surface area (Å²) >= 11 is 6.66. The van der Waals surface area contributed by atoms with Gasteiger partial charge in [0.15, 0.2) is 0 Å². The third kappa shape index (κ3) is 4.75. The average Bonchev–Trinajstić information content (AvgIpc) is 2.92. The molecular formula is C15H21Br2FN2O2S. The number of nitrogens with zero attached hydrogens (tertiary/aromatic N) is 1. The van der Waals surface area contributed by atoms with Crippen molar-refractivity contribution in [2.24, 2.45) is 0 Å². The molecule has 4 nitrogen and oxygen atoms in total. The van der Waals surface area contributed by atoms with E-state index in [-0.39, 0.29) is 17.0 Å². The lowest BCUT2D eigenvalue weighted by Crippen LogP contribution is -2.42. The van der Waals surface area contributed by atoms with Crippen LogP contribution in [0.3, 0.4) is 0 Å². The molecule has 0 bridgehead atoms. The molecule has 1 aromatic rings. The van der Waals surface area contributed by atoms with Crippen molar-refractivity contribution in [3.63, 3.8) is 0 Å². The molecule has 0 amide bonds. The molecule has 1 heterocycles. The summed E-state index contributed by atoms with van der Waals surface area (Å²) in [4.78, 5) is 0.242. The lowest BCUT2D eigenvalue weighted by Gasteiger charge is -2.28. The molecule has 0 spiro atoms. The van der Waals surface area contributed by atoms with E-state index in [2.05, 4.69) is 37.2 Å². The summed E-state index contributed by atoms with van der Waals surface area (Å²) in [5.74, 6) is 0. The van der Waals surface area contributed by atoms with Gasteiger partial charge in [0, 0.05) is 34.1 Å². The SMILES string of the molecule is C[C@H]1C[C@@H](N(CCCCF)S(=O)(=O)c2cc(Br)ccc2Br)CN1. The summed E-state index contributed by atoms with van der Waals surface area (Å²) < 4.78 is 41.5. The van der Waals surface area contributed by atoms with Gasteiger partial charge in [-0.15, -0.1) is 0 Å². The van der Waals surface area contributed by atoms with Gasteiger partial charge in [-0.2, -0.15) is 4.31 Å². The van der Waals surface area contributed by atoms with E-state index in [9.17, 15) is 12.8 Å². The fourth-order valence-corrected chi connectivity index (χ4v) is 5.93. The molecule has 1 saturated heterocycles. The van der Waals surface area contributed by atoms with Crippen LogP contribution in [0.25, 0.3) is 0 Å². The maximum absolute atomic E-state index is 13.1. The summed E-state index contributed by atoms with van der Waals surface area (Å²) in [6.45, 7) is 2.58. The van der Waals surface area contributed by atoms with Gasteiger partial charge in [-0.3, -0.25) is 4.39 Å². The Bertz CT molecular complexity index is 642. The van der Waals surface area contributed by atoms with Gasteiger partial charge in [-0.05, 0) is 60.3 Å². The van der Waals surface area contributed by atoms with Gasteiger partial charge in [0.25, 0.3) is 0 Å². The van der Waals surface area contributed by atoms with Gasteiger partial charge in [0.05, 0.1) is 11.6 Å². The summed E-state index contributed by atoms with van der Waals surface area (Å²) in [6, 6.07) is 5.29.